The summed E-state index contributed by atoms with van der Waals surface area (Å²) in [6.45, 7) is 3.27. The molecule has 0 spiro atoms. The van der Waals surface area contributed by atoms with E-state index in [9.17, 15) is 14.4 Å². The Kier molecular flexibility index (Phi) is 5.36. The van der Waals surface area contributed by atoms with Crippen LogP contribution in [0, 0.1) is 5.92 Å². The van der Waals surface area contributed by atoms with Crippen molar-refractivity contribution in [2.75, 3.05) is 26.7 Å². The van der Waals surface area contributed by atoms with Gasteiger partial charge in [0.1, 0.15) is 0 Å². The van der Waals surface area contributed by atoms with Gasteiger partial charge in [0.2, 0.25) is 5.91 Å². The van der Waals surface area contributed by atoms with Crippen molar-refractivity contribution in [2.24, 2.45) is 5.92 Å². The van der Waals surface area contributed by atoms with Gasteiger partial charge in [0, 0.05) is 32.9 Å². The molecule has 1 fully saturated rings. The fourth-order valence-corrected chi connectivity index (χ4v) is 2.65. The molecule has 0 bridgehead atoms. The molecule has 8 nitrogen and oxygen atoms in total. The third-order valence-corrected chi connectivity index (χ3v) is 4.05. The predicted molar refractivity (Wildman–Crippen MR) is 81.8 cm³/mol. The van der Waals surface area contributed by atoms with Crippen molar-refractivity contribution in [1.82, 2.24) is 19.6 Å². The number of aliphatic carboxylic acids is 1. The van der Waals surface area contributed by atoms with Gasteiger partial charge < -0.3 is 14.9 Å². The van der Waals surface area contributed by atoms with Gasteiger partial charge in [-0.2, -0.15) is 5.10 Å². The van der Waals surface area contributed by atoms with Gasteiger partial charge in [-0.1, -0.05) is 0 Å². The SMILES string of the molecule is CCn1cc(C(=O)N(C)CC(=O)N2CCCC(C(=O)O)C2)cn1. The van der Waals surface area contributed by atoms with Crippen LogP contribution in [0.4, 0.5) is 0 Å². The molecule has 1 aromatic rings. The normalized spacial score (nSPS) is 17.8. The van der Waals surface area contributed by atoms with Crippen LogP contribution in [0.3, 0.4) is 0 Å². The first-order chi connectivity index (χ1) is 10.9. The third-order valence-electron chi connectivity index (χ3n) is 4.05. The number of carboxylic acids is 1. The molecule has 1 aromatic heterocycles. The van der Waals surface area contributed by atoms with E-state index in [2.05, 4.69) is 5.10 Å². The lowest BCUT2D eigenvalue weighted by molar-refractivity contribution is -0.145. The Morgan fingerprint density at radius 2 is 2.17 bits per heavy atom. The topological polar surface area (TPSA) is 95.7 Å². The fraction of sp³-hybridized carbons (Fsp3) is 0.600. The molecule has 0 radical (unpaired) electrons. The maximum atomic E-state index is 12.3. The quantitative estimate of drug-likeness (QED) is 0.841. The van der Waals surface area contributed by atoms with Gasteiger partial charge in [-0.15, -0.1) is 0 Å². The molecular formula is C15H22N4O4. The summed E-state index contributed by atoms with van der Waals surface area (Å²) >= 11 is 0. The molecule has 8 heteroatoms. The Morgan fingerprint density at radius 1 is 1.43 bits per heavy atom. The summed E-state index contributed by atoms with van der Waals surface area (Å²) in [5.41, 5.74) is 0.434. The molecule has 23 heavy (non-hydrogen) atoms. The van der Waals surface area contributed by atoms with Crippen LogP contribution in [0.25, 0.3) is 0 Å². The smallest absolute Gasteiger partial charge is 0.308 e. The molecule has 0 saturated carbocycles. The summed E-state index contributed by atoms with van der Waals surface area (Å²) < 4.78 is 1.64. The minimum Gasteiger partial charge on any atom is -0.481 e. The molecule has 1 unspecified atom stereocenters. The van der Waals surface area contributed by atoms with E-state index in [-0.39, 0.29) is 24.9 Å². The molecule has 1 saturated heterocycles. The van der Waals surface area contributed by atoms with Crippen molar-refractivity contribution in [3.63, 3.8) is 0 Å². The second kappa shape index (κ2) is 7.26. The number of nitrogens with zero attached hydrogens (tertiary/aromatic N) is 4. The molecule has 2 rings (SSSR count). The zero-order chi connectivity index (χ0) is 17.0. The van der Waals surface area contributed by atoms with Crippen LogP contribution < -0.4 is 0 Å². The number of hydrogen-bond acceptors (Lipinski definition) is 4. The van der Waals surface area contributed by atoms with Crippen LogP contribution in [0.5, 0.6) is 0 Å². The van der Waals surface area contributed by atoms with Crippen LogP contribution in [0.2, 0.25) is 0 Å². The number of likely N-dealkylation sites (N-methyl/N-ethyl adjacent to an activating group) is 1. The van der Waals surface area contributed by atoms with Crippen molar-refractivity contribution >= 4 is 17.8 Å². The van der Waals surface area contributed by atoms with Crippen LogP contribution in [-0.4, -0.2) is 69.2 Å². The molecular weight excluding hydrogens is 300 g/mol. The Labute approximate surface area is 134 Å². The third kappa shape index (κ3) is 4.08. The monoisotopic (exact) mass is 322 g/mol. The van der Waals surface area contributed by atoms with Gasteiger partial charge in [0.05, 0.1) is 24.2 Å². The molecule has 126 valence electrons. The molecule has 1 aliphatic rings. The van der Waals surface area contributed by atoms with Crippen molar-refractivity contribution in [3.8, 4) is 0 Å². The fourth-order valence-electron chi connectivity index (χ4n) is 2.65. The zero-order valence-corrected chi connectivity index (χ0v) is 13.4. The number of carbonyl (C=O) groups is 3. The van der Waals surface area contributed by atoms with E-state index in [1.807, 2.05) is 6.92 Å². The van der Waals surface area contributed by atoms with Gasteiger partial charge in [-0.25, -0.2) is 0 Å². The number of aromatic nitrogens is 2. The Hall–Kier alpha value is -2.38. The Morgan fingerprint density at radius 3 is 2.78 bits per heavy atom. The molecule has 1 aliphatic heterocycles. The predicted octanol–water partition coefficient (Wildman–Crippen LogP) is 0.298. The van der Waals surface area contributed by atoms with Gasteiger partial charge in [0.25, 0.3) is 5.91 Å². The van der Waals surface area contributed by atoms with Crippen LogP contribution >= 0.6 is 0 Å². The highest BCUT2D eigenvalue weighted by molar-refractivity contribution is 5.96. The molecule has 0 aliphatic carbocycles. The highest BCUT2D eigenvalue weighted by Crippen LogP contribution is 2.17. The lowest BCUT2D eigenvalue weighted by atomic mass is 9.98. The number of piperidine rings is 1. The second-order valence-electron chi connectivity index (χ2n) is 5.76. The summed E-state index contributed by atoms with van der Waals surface area (Å²) in [6, 6.07) is 0. The van der Waals surface area contributed by atoms with Crippen LogP contribution in [-0.2, 0) is 16.1 Å². The number of likely N-dealkylation sites (tertiary alicyclic amines) is 1. The van der Waals surface area contributed by atoms with Gasteiger partial charge in [0.15, 0.2) is 0 Å². The average Bonchev–Trinajstić information content (AvgIpc) is 3.03. The number of carboxylic acid groups (broad SMARTS) is 1. The first-order valence-electron chi connectivity index (χ1n) is 7.70. The summed E-state index contributed by atoms with van der Waals surface area (Å²) in [5.74, 6) is -1.89. The largest absolute Gasteiger partial charge is 0.481 e. The van der Waals surface area contributed by atoms with E-state index < -0.39 is 11.9 Å². The maximum Gasteiger partial charge on any atom is 0.308 e. The van der Waals surface area contributed by atoms with E-state index in [1.165, 1.54) is 16.0 Å². The maximum absolute atomic E-state index is 12.3. The standard InChI is InChI=1S/C15H22N4O4/c1-3-19-9-12(7-16-19)14(21)17(2)10-13(20)18-6-4-5-11(8-18)15(22)23/h7,9,11H,3-6,8,10H2,1-2H3,(H,22,23). The van der Waals surface area contributed by atoms with Crippen LogP contribution in [0.15, 0.2) is 12.4 Å². The number of carbonyl (C=O) groups excluding carboxylic acids is 2. The zero-order valence-electron chi connectivity index (χ0n) is 13.4. The summed E-state index contributed by atoms with van der Waals surface area (Å²) in [5, 5.41) is 13.1. The molecule has 1 atom stereocenters. The van der Waals surface area contributed by atoms with E-state index in [1.54, 1.807) is 17.9 Å². The van der Waals surface area contributed by atoms with Crippen molar-refractivity contribution in [1.29, 1.82) is 0 Å². The highest BCUT2D eigenvalue weighted by atomic mass is 16.4. The van der Waals surface area contributed by atoms with Crippen molar-refractivity contribution < 1.29 is 19.5 Å². The summed E-state index contributed by atoms with van der Waals surface area (Å²) in [7, 11) is 1.56. The number of rotatable bonds is 5. The van der Waals surface area contributed by atoms with E-state index in [0.29, 0.717) is 31.5 Å². The van der Waals surface area contributed by atoms with Crippen molar-refractivity contribution in [2.45, 2.75) is 26.3 Å². The Bertz CT molecular complexity index is 598. The molecule has 2 heterocycles. The Balaban J connectivity index is 1.93. The summed E-state index contributed by atoms with van der Waals surface area (Å²) in [4.78, 5) is 38.5. The van der Waals surface area contributed by atoms with E-state index >= 15 is 0 Å². The molecule has 1 N–H and O–H groups in total. The minimum atomic E-state index is -0.876. The first-order valence-corrected chi connectivity index (χ1v) is 7.70. The molecule has 0 aromatic carbocycles. The summed E-state index contributed by atoms with van der Waals surface area (Å²) in [6.07, 6.45) is 4.38. The van der Waals surface area contributed by atoms with Gasteiger partial charge in [-0.3, -0.25) is 19.1 Å². The molecule has 2 amide bonds. The lowest BCUT2D eigenvalue weighted by Gasteiger charge is -2.31. The van der Waals surface area contributed by atoms with Gasteiger partial charge in [-0.05, 0) is 19.8 Å². The van der Waals surface area contributed by atoms with E-state index in [4.69, 9.17) is 5.11 Å². The second-order valence-corrected chi connectivity index (χ2v) is 5.76. The highest BCUT2D eigenvalue weighted by Gasteiger charge is 2.29. The van der Waals surface area contributed by atoms with Crippen molar-refractivity contribution in [3.05, 3.63) is 18.0 Å². The number of aryl methyl sites for hydroxylation is 1. The van der Waals surface area contributed by atoms with Crippen LogP contribution in [0.1, 0.15) is 30.1 Å². The minimum absolute atomic E-state index is 0.0670. The number of amides is 2. The average molecular weight is 322 g/mol. The lowest BCUT2D eigenvalue weighted by Crippen LogP contribution is -2.46. The van der Waals surface area contributed by atoms with Gasteiger partial charge >= 0.3 is 5.97 Å². The first kappa shape index (κ1) is 17.0. The van der Waals surface area contributed by atoms with E-state index in [0.717, 1.165) is 0 Å². The number of hydrogen-bond donors (Lipinski definition) is 1.